The molecule has 3 aromatic carbocycles. The van der Waals surface area contributed by atoms with Gasteiger partial charge in [0, 0.05) is 18.3 Å². The number of Topliss-reactive ketones (excluding diaryl/α,β-unsaturated/α-hetero) is 1. The summed E-state index contributed by atoms with van der Waals surface area (Å²) in [7, 11) is 1.42. The lowest BCUT2D eigenvalue weighted by Crippen LogP contribution is -2.29. The van der Waals surface area contributed by atoms with Gasteiger partial charge in [-0.2, -0.15) is 0 Å². The first kappa shape index (κ1) is 27.9. The zero-order valence-corrected chi connectivity index (χ0v) is 23.5. The fourth-order valence-corrected chi connectivity index (χ4v) is 5.12. The van der Waals surface area contributed by atoms with E-state index >= 15 is 0 Å². The predicted octanol–water partition coefficient (Wildman–Crippen LogP) is 6.54. The minimum absolute atomic E-state index is 0.0894. The summed E-state index contributed by atoms with van der Waals surface area (Å²) in [6.07, 6.45) is 0. The molecule has 1 heterocycles. The maximum atomic E-state index is 13.6. The number of aryl methyl sites for hydroxylation is 1. The maximum Gasteiger partial charge on any atom is 0.300 e. The van der Waals surface area contributed by atoms with Crippen LogP contribution in [0.25, 0.3) is 5.76 Å². The molecule has 0 aliphatic carbocycles. The van der Waals surface area contributed by atoms with E-state index in [1.165, 1.54) is 18.9 Å². The summed E-state index contributed by atoms with van der Waals surface area (Å²) in [4.78, 5) is 40.2. The van der Waals surface area contributed by atoms with Gasteiger partial charge in [-0.3, -0.25) is 19.3 Å². The van der Waals surface area contributed by atoms with Gasteiger partial charge in [0.25, 0.3) is 11.7 Å². The monoisotopic (exact) mass is 546 g/mol. The van der Waals surface area contributed by atoms with Gasteiger partial charge in [0.15, 0.2) is 0 Å². The van der Waals surface area contributed by atoms with Gasteiger partial charge in [-0.1, -0.05) is 62.7 Å². The maximum absolute atomic E-state index is 13.6. The molecule has 2 amide bonds. The van der Waals surface area contributed by atoms with Crippen molar-refractivity contribution in [1.29, 1.82) is 0 Å². The largest absolute Gasteiger partial charge is 0.507 e. The van der Waals surface area contributed by atoms with Crippen LogP contribution in [0.4, 0.5) is 11.4 Å². The Bertz CT molecular complexity index is 1500. The summed E-state index contributed by atoms with van der Waals surface area (Å²) >= 11 is 6.39. The standard InChI is InChI=1S/C31H31ClN2O5/c1-17-14-23(29(39-6)24(32)15-17)27(36)25-26(19-10-12-20(13-11-19)31(3,4)5)34(30(38)28(25)37)22-9-7-8-21(16-22)33-18(2)35/h7-16,26,36H,1-6H3,(H,33,35)/b27-25+. The summed E-state index contributed by atoms with van der Waals surface area (Å²) in [6, 6.07) is 16.7. The molecule has 1 unspecified atom stereocenters. The van der Waals surface area contributed by atoms with E-state index in [1.54, 1.807) is 43.3 Å². The number of ether oxygens (including phenoxy) is 1. The van der Waals surface area contributed by atoms with Crippen LogP contribution in [0.15, 0.2) is 66.2 Å². The van der Waals surface area contributed by atoms with E-state index in [0.29, 0.717) is 16.9 Å². The Labute approximate surface area is 233 Å². The highest BCUT2D eigenvalue weighted by Crippen LogP contribution is 2.45. The molecule has 1 aliphatic rings. The number of anilines is 2. The number of nitrogens with zero attached hydrogens (tertiary/aromatic N) is 1. The number of nitrogens with one attached hydrogen (secondary N) is 1. The molecule has 0 aromatic heterocycles. The number of aliphatic hydroxyl groups is 1. The lowest BCUT2D eigenvalue weighted by atomic mass is 9.85. The number of halogens is 1. The van der Waals surface area contributed by atoms with Crippen LogP contribution >= 0.6 is 11.6 Å². The molecule has 39 heavy (non-hydrogen) atoms. The number of methoxy groups -OCH3 is 1. The first-order valence-corrected chi connectivity index (χ1v) is 12.8. The molecule has 3 aromatic rings. The summed E-state index contributed by atoms with van der Waals surface area (Å²) in [5.74, 6) is -2.12. The molecule has 1 fully saturated rings. The van der Waals surface area contributed by atoms with Crippen LogP contribution in [0.5, 0.6) is 5.75 Å². The van der Waals surface area contributed by atoms with Gasteiger partial charge in [-0.05, 0) is 59.4 Å². The van der Waals surface area contributed by atoms with Gasteiger partial charge in [-0.15, -0.1) is 0 Å². The van der Waals surface area contributed by atoms with Gasteiger partial charge in [0.05, 0.1) is 29.3 Å². The van der Waals surface area contributed by atoms with Crippen molar-refractivity contribution in [3.8, 4) is 5.75 Å². The molecule has 0 bridgehead atoms. The number of amides is 2. The van der Waals surface area contributed by atoms with Crippen LogP contribution in [-0.2, 0) is 19.8 Å². The number of hydrogen-bond donors (Lipinski definition) is 2. The molecular weight excluding hydrogens is 516 g/mol. The highest BCUT2D eigenvalue weighted by atomic mass is 35.5. The summed E-state index contributed by atoms with van der Waals surface area (Å²) in [6.45, 7) is 9.47. The molecule has 1 aliphatic heterocycles. The lowest BCUT2D eigenvalue weighted by molar-refractivity contribution is -0.132. The number of hydrogen-bond acceptors (Lipinski definition) is 5. The Balaban J connectivity index is 1.98. The van der Waals surface area contributed by atoms with Crippen LogP contribution in [0, 0.1) is 6.92 Å². The molecule has 0 spiro atoms. The highest BCUT2D eigenvalue weighted by molar-refractivity contribution is 6.51. The second-order valence-corrected chi connectivity index (χ2v) is 11.0. The average molecular weight is 547 g/mol. The number of carbonyl (C=O) groups excluding carboxylic acids is 3. The molecule has 2 N–H and O–H groups in total. The van der Waals surface area contributed by atoms with Crippen molar-refractivity contribution in [3.63, 3.8) is 0 Å². The van der Waals surface area contributed by atoms with E-state index in [1.807, 2.05) is 24.3 Å². The summed E-state index contributed by atoms with van der Waals surface area (Å²) in [5, 5.41) is 14.6. The van der Waals surface area contributed by atoms with E-state index in [0.717, 1.165) is 11.1 Å². The van der Waals surface area contributed by atoms with Crippen molar-refractivity contribution in [1.82, 2.24) is 0 Å². The summed E-state index contributed by atoms with van der Waals surface area (Å²) < 4.78 is 5.46. The smallest absolute Gasteiger partial charge is 0.300 e. The van der Waals surface area contributed by atoms with Crippen LogP contribution in [0.3, 0.4) is 0 Å². The Morgan fingerprint density at radius 2 is 1.72 bits per heavy atom. The van der Waals surface area contributed by atoms with Crippen molar-refractivity contribution in [2.24, 2.45) is 0 Å². The fourth-order valence-electron chi connectivity index (χ4n) is 4.77. The summed E-state index contributed by atoms with van der Waals surface area (Å²) in [5.41, 5.74) is 3.31. The number of carbonyl (C=O) groups is 3. The van der Waals surface area contributed by atoms with Crippen molar-refractivity contribution in [2.75, 3.05) is 17.3 Å². The molecule has 4 rings (SSSR count). The zero-order valence-electron chi connectivity index (χ0n) is 22.8. The Morgan fingerprint density at radius 1 is 1.05 bits per heavy atom. The van der Waals surface area contributed by atoms with Gasteiger partial charge in [0.1, 0.15) is 11.5 Å². The first-order valence-electron chi connectivity index (χ1n) is 12.5. The molecule has 1 saturated heterocycles. The van der Waals surface area contributed by atoms with Gasteiger partial charge < -0.3 is 15.2 Å². The van der Waals surface area contributed by atoms with Crippen molar-refractivity contribution < 1.29 is 24.2 Å². The minimum atomic E-state index is -0.949. The molecular formula is C31H31ClN2O5. The van der Waals surface area contributed by atoms with E-state index in [9.17, 15) is 19.5 Å². The molecule has 7 nitrogen and oxygen atoms in total. The highest BCUT2D eigenvalue weighted by Gasteiger charge is 2.47. The molecule has 202 valence electrons. The third-order valence-electron chi connectivity index (χ3n) is 6.63. The third kappa shape index (κ3) is 5.40. The van der Waals surface area contributed by atoms with Crippen molar-refractivity contribution in [2.45, 2.75) is 46.1 Å². The zero-order chi connectivity index (χ0) is 28.6. The quantitative estimate of drug-likeness (QED) is 0.215. The van der Waals surface area contributed by atoms with Crippen LogP contribution in [0.2, 0.25) is 5.02 Å². The molecule has 0 saturated carbocycles. The van der Waals surface area contributed by atoms with Gasteiger partial charge in [-0.25, -0.2) is 0 Å². The van der Waals surface area contributed by atoms with Crippen LogP contribution in [0.1, 0.15) is 56.0 Å². The SMILES string of the molecule is COc1c(Cl)cc(C)cc1/C(O)=C1\C(=O)C(=O)N(c2cccc(NC(C)=O)c2)C1c1ccc(C(C)(C)C)cc1. The number of aliphatic hydroxyl groups excluding tert-OH is 1. The van der Waals surface area contributed by atoms with E-state index in [-0.39, 0.29) is 39.0 Å². The topological polar surface area (TPSA) is 95.9 Å². The van der Waals surface area contributed by atoms with Crippen LogP contribution in [-0.4, -0.2) is 29.8 Å². The number of benzene rings is 3. The number of ketones is 1. The average Bonchev–Trinajstić information content (AvgIpc) is 3.12. The molecule has 0 radical (unpaired) electrons. The van der Waals surface area contributed by atoms with Crippen LogP contribution < -0.4 is 15.0 Å². The van der Waals surface area contributed by atoms with Crippen molar-refractivity contribution >= 4 is 46.3 Å². The first-order chi connectivity index (χ1) is 18.3. The second-order valence-electron chi connectivity index (χ2n) is 10.6. The van der Waals surface area contributed by atoms with Gasteiger partial charge in [0.2, 0.25) is 5.91 Å². The van der Waals surface area contributed by atoms with Gasteiger partial charge >= 0.3 is 0 Å². The second kappa shape index (κ2) is 10.6. The lowest BCUT2D eigenvalue weighted by Gasteiger charge is -2.27. The normalized spacial score (nSPS) is 16.9. The molecule has 1 atom stereocenters. The Morgan fingerprint density at radius 3 is 2.31 bits per heavy atom. The predicted molar refractivity (Wildman–Crippen MR) is 153 cm³/mol. The van der Waals surface area contributed by atoms with E-state index < -0.39 is 17.7 Å². The minimum Gasteiger partial charge on any atom is -0.507 e. The van der Waals surface area contributed by atoms with E-state index in [2.05, 4.69) is 26.1 Å². The van der Waals surface area contributed by atoms with E-state index in [4.69, 9.17) is 16.3 Å². The number of rotatable bonds is 5. The van der Waals surface area contributed by atoms with Crippen molar-refractivity contribution in [3.05, 3.63) is 93.5 Å². The third-order valence-corrected chi connectivity index (χ3v) is 6.91. The fraction of sp³-hybridized carbons (Fsp3) is 0.258. The Kier molecular flexibility index (Phi) is 7.57. The Hall–Kier alpha value is -4.10. The molecule has 8 heteroatoms.